The zero-order valence-corrected chi connectivity index (χ0v) is 19.1. The Kier molecular flexibility index (Phi) is 6.70. The third-order valence-electron chi connectivity index (χ3n) is 4.54. The summed E-state index contributed by atoms with van der Waals surface area (Å²) in [4.78, 5) is 4.08. The third-order valence-corrected chi connectivity index (χ3v) is 6.29. The van der Waals surface area contributed by atoms with E-state index in [1.165, 1.54) is 0 Å². The maximum absolute atomic E-state index is 6.47. The van der Waals surface area contributed by atoms with E-state index < -0.39 is 5.79 Å². The molecule has 1 fully saturated rings. The van der Waals surface area contributed by atoms with Gasteiger partial charge in [-0.15, -0.1) is 0 Å². The Labute approximate surface area is 198 Å². The van der Waals surface area contributed by atoms with Gasteiger partial charge in [-0.3, -0.25) is 0 Å². The van der Waals surface area contributed by atoms with Crippen LogP contribution in [0.5, 0.6) is 5.75 Å². The first-order valence-corrected chi connectivity index (χ1v) is 10.8. The summed E-state index contributed by atoms with van der Waals surface area (Å²) in [5.41, 5.74) is 0.669. The van der Waals surface area contributed by atoms with Crippen LogP contribution in [0.3, 0.4) is 0 Å². The molecule has 1 aromatic heterocycles. The lowest BCUT2D eigenvalue weighted by molar-refractivity contribution is -0.189. The monoisotopic (exact) mass is 506 g/mol. The quantitative estimate of drug-likeness (QED) is 0.357. The molecule has 3 aromatic rings. The Morgan fingerprint density at radius 2 is 1.83 bits per heavy atom. The molecule has 4 rings (SSSR count). The molecule has 2 heterocycles. The van der Waals surface area contributed by atoms with Crippen molar-refractivity contribution in [2.24, 2.45) is 0 Å². The van der Waals surface area contributed by atoms with Crippen molar-refractivity contribution in [3.8, 4) is 5.75 Å². The van der Waals surface area contributed by atoms with Gasteiger partial charge in [0.15, 0.2) is 0 Å². The summed E-state index contributed by atoms with van der Waals surface area (Å²) in [6.07, 6.45) is 4.81. The summed E-state index contributed by atoms with van der Waals surface area (Å²) in [5.74, 6) is -0.638. The molecule has 2 atom stereocenters. The van der Waals surface area contributed by atoms with Gasteiger partial charge in [0.2, 0.25) is 5.79 Å². The molecule has 1 aliphatic heterocycles. The number of nitrogens with zero attached hydrogens (tertiary/aromatic N) is 2. The molecule has 2 aromatic carbocycles. The Hall–Kier alpha value is -1.18. The van der Waals surface area contributed by atoms with Crippen LogP contribution >= 0.6 is 58.0 Å². The first-order valence-electron chi connectivity index (χ1n) is 8.87. The van der Waals surface area contributed by atoms with Crippen molar-refractivity contribution in [1.29, 1.82) is 0 Å². The average Bonchev–Trinajstić information content (AvgIpc) is 3.35. The highest BCUT2D eigenvalue weighted by molar-refractivity contribution is 6.48. The fourth-order valence-electron chi connectivity index (χ4n) is 3.18. The van der Waals surface area contributed by atoms with E-state index in [0.717, 1.165) is 0 Å². The van der Waals surface area contributed by atoms with E-state index in [4.69, 9.17) is 72.2 Å². The smallest absolute Gasteiger partial charge is 0.215 e. The fourth-order valence-corrected chi connectivity index (χ4v) is 4.31. The van der Waals surface area contributed by atoms with Gasteiger partial charge in [0, 0.05) is 35.1 Å². The molecular weight excluding hydrogens is 493 g/mol. The molecule has 0 N–H and O–H groups in total. The summed E-state index contributed by atoms with van der Waals surface area (Å²) < 4.78 is 20.1. The highest BCUT2D eigenvalue weighted by Crippen LogP contribution is 2.41. The molecule has 0 aliphatic carbocycles. The number of aromatic nitrogens is 2. The lowest BCUT2D eigenvalue weighted by Crippen LogP contribution is -2.34. The van der Waals surface area contributed by atoms with Gasteiger partial charge in [-0.2, -0.15) is 0 Å². The third kappa shape index (κ3) is 4.68. The summed E-state index contributed by atoms with van der Waals surface area (Å²) >= 11 is 30.6. The molecule has 1 aliphatic rings. The van der Waals surface area contributed by atoms with Gasteiger partial charge in [0.1, 0.15) is 18.5 Å². The maximum atomic E-state index is 6.47. The van der Waals surface area contributed by atoms with Crippen LogP contribution in [0.1, 0.15) is 5.56 Å². The molecule has 0 spiro atoms. The highest BCUT2D eigenvalue weighted by atomic mass is 35.5. The number of ether oxygens (including phenoxy) is 3. The van der Waals surface area contributed by atoms with Gasteiger partial charge in [0.25, 0.3) is 0 Å². The zero-order valence-electron chi connectivity index (χ0n) is 15.3. The van der Waals surface area contributed by atoms with Gasteiger partial charge in [-0.25, -0.2) is 4.98 Å². The molecule has 0 bridgehead atoms. The van der Waals surface area contributed by atoms with Crippen LogP contribution in [0.4, 0.5) is 0 Å². The van der Waals surface area contributed by atoms with E-state index in [-0.39, 0.29) is 17.7 Å². The second-order valence-electron chi connectivity index (χ2n) is 6.67. The highest BCUT2D eigenvalue weighted by Gasteiger charge is 2.45. The maximum Gasteiger partial charge on any atom is 0.215 e. The fraction of sp³-hybridized carbons (Fsp3) is 0.250. The summed E-state index contributed by atoms with van der Waals surface area (Å²) in [6, 6.07) is 8.39. The predicted octanol–water partition coefficient (Wildman–Crippen LogP) is 6.50. The van der Waals surface area contributed by atoms with Crippen LogP contribution in [-0.2, 0) is 21.8 Å². The van der Waals surface area contributed by atoms with Crippen LogP contribution in [-0.4, -0.2) is 28.9 Å². The Bertz CT molecular complexity index is 1020. The number of halogens is 5. The molecule has 0 radical (unpaired) electrons. The Morgan fingerprint density at radius 3 is 2.50 bits per heavy atom. The average molecular weight is 509 g/mol. The van der Waals surface area contributed by atoms with Gasteiger partial charge in [-0.05, 0) is 12.1 Å². The second-order valence-corrected chi connectivity index (χ2v) is 8.71. The van der Waals surface area contributed by atoms with Crippen molar-refractivity contribution in [3.63, 3.8) is 0 Å². The summed E-state index contributed by atoms with van der Waals surface area (Å²) in [5, 5.41) is 1.87. The van der Waals surface area contributed by atoms with Crippen LogP contribution in [0.2, 0.25) is 25.1 Å². The molecule has 5 nitrogen and oxygen atoms in total. The minimum absolute atomic E-state index is 0.213. The van der Waals surface area contributed by atoms with Crippen molar-refractivity contribution in [2.75, 3.05) is 13.2 Å². The molecule has 0 amide bonds. The SMILES string of the molecule is Clc1ccc([C@]2(Cn3ccnc3)OC[C@@H](COc3cc(Cl)c(Cl)c(Cl)c3)O2)c(Cl)c1. The van der Waals surface area contributed by atoms with Gasteiger partial charge >= 0.3 is 0 Å². The second kappa shape index (κ2) is 9.13. The van der Waals surface area contributed by atoms with E-state index in [2.05, 4.69) is 4.98 Å². The largest absolute Gasteiger partial charge is 0.491 e. The molecule has 158 valence electrons. The number of hydrogen-bond acceptors (Lipinski definition) is 4. The Morgan fingerprint density at radius 1 is 1.07 bits per heavy atom. The van der Waals surface area contributed by atoms with Crippen LogP contribution < -0.4 is 4.74 Å². The van der Waals surface area contributed by atoms with Gasteiger partial charge in [0.05, 0.1) is 39.6 Å². The van der Waals surface area contributed by atoms with E-state index in [0.29, 0.717) is 44.6 Å². The minimum Gasteiger partial charge on any atom is -0.491 e. The number of imidazole rings is 1. The summed E-state index contributed by atoms with van der Waals surface area (Å²) in [7, 11) is 0. The number of benzene rings is 2. The van der Waals surface area contributed by atoms with Crippen molar-refractivity contribution in [1.82, 2.24) is 9.55 Å². The molecular formula is C20H15Cl5N2O3. The molecule has 1 saturated heterocycles. The van der Waals surface area contributed by atoms with E-state index in [1.807, 2.05) is 10.8 Å². The normalized spacial score (nSPS) is 21.2. The zero-order chi connectivity index (χ0) is 21.3. The molecule has 30 heavy (non-hydrogen) atoms. The molecule has 0 saturated carbocycles. The summed E-state index contributed by atoms with van der Waals surface area (Å²) in [6.45, 7) is 0.858. The number of hydrogen-bond donors (Lipinski definition) is 0. The van der Waals surface area contributed by atoms with Crippen molar-refractivity contribution < 1.29 is 14.2 Å². The first-order chi connectivity index (χ1) is 14.4. The topological polar surface area (TPSA) is 45.5 Å². The molecule has 0 unspecified atom stereocenters. The van der Waals surface area contributed by atoms with E-state index in [1.54, 1.807) is 42.9 Å². The van der Waals surface area contributed by atoms with Gasteiger partial charge in [-0.1, -0.05) is 64.1 Å². The van der Waals surface area contributed by atoms with Crippen molar-refractivity contribution in [2.45, 2.75) is 18.4 Å². The van der Waals surface area contributed by atoms with E-state index >= 15 is 0 Å². The lowest BCUT2D eigenvalue weighted by atomic mass is 10.1. The van der Waals surface area contributed by atoms with Crippen LogP contribution in [0.15, 0.2) is 49.1 Å². The molecule has 10 heteroatoms. The number of rotatable bonds is 6. The van der Waals surface area contributed by atoms with Crippen molar-refractivity contribution in [3.05, 3.63) is 79.7 Å². The standard InChI is InChI=1S/C20H15Cl5N2O3/c21-12-1-2-15(16(22)5-12)20(10-27-4-3-26-11-27)29-9-14(30-20)8-28-13-6-17(23)19(25)18(24)7-13/h1-7,11,14H,8-10H2/t14-,20-/m1/s1. The van der Waals surface area contributed by atoms with Crippen LogP contribution in [0.25, 0.3) is 0 Å². The van der Waals surface area contributed by atoms with Gasteiger partial charge < -0.3 is 18.8 Å². The first kappa shape index (κ1) is 22.0. The minimum atomic E-state index is -1.12. The van der Waals surface area contributed by atoms with E-state index in [9.17, 15) is 0 Å². The van der Waals surface area contributed by atoms with Crippen molar-refractivity contribution >= 4 is 58.0 Å². The predicted molar refractivity (Wildman–Crippen MR) is 118 cm³/mol. The van der Waals surface area contributed by atoms with Crippen LogP contribution in [0, 0.1) is 0 Å². The lowest BCUT2D eigenvalue weighted by Gasteiger charge is -2.30. The Balaban J connectivity index is 1.54.